The summed E-state index contributed by atoms with van der Waals surface area (Å²) in [5, 5.41) is 8.96. The zero-order chi connectivity index (χ0) is 24.0. The molecule has 10 nitrogen and oxygen atoms in total. The van der Waals surface area contributed by atoms with Gasteiger partial charge in [0.15, 0.2) is 0 Å². The summed E-state index contributed by atoms with van der Waals surface area (Å²) in [6.07, 6.45) is 0.402. The van der Waals surface area contributed by atoms with Crippen molar-refractivity contribution in [3.8, 4) is 0 Å². The molecule has 3 aliphatic rings. The molecule has 3 saturated heterocycles. The molecule has 0 aromatic heterocycles. The van der Waals surface area contributed by atoms with E-state index in [-0.39, 0.29) is 31.0 Å². The zero-order valence-corrected chi connectivity index (χ0v) is 20.8. The van der Waals surface area contributed by atoms with Gasteiger partial charge in [-0.05, 0) is 34.1 Å². The van der Waals surface area contributed by atoms with Gasteiger partial charge < -0.3 is 47.7 Å². The SMILES string of the molecule is CC(O)COC1(C)OCC(C)O1.CCC1COC(C)(OC(C)COC2(C)OCC(C)O2)O1. The molecule has 3 aliphatic heterocycles. The van der Waals surface area contributed by atoms with Crippen LogP contribution in [-0.4, -0.2) is 86.6 Å². The molecule has 0 aromatic rings. The molecule has 3 rings (SSSR count). The monoisotopic (exact) mass is 466 g/mol. The van der Waals surface area contributed by atoms with E-state index in [9.17, 15) is 0 Å². The van der Waals surface area contributed by atoms with Crippen molar-refractivity contribution in [1.29, 1.82) is 0 Å². The maximum Gasteiger partial charge on any atom is 0.280 e. The Morgan fingerprint density at radius 3 is 1.72 bits per heavy atom. The molecule has 0 aromatic carbocycles. The predicted octanol–water partition coefficient (Wildman–Crippen LogP) is 2.51. The summed E-state index contributed by atoms with van der Waals surface area (Å²) in [5.41, 5.74) is 0. The standard InChI is InChI=1S/C14H26O6.C8H16O4/c1-6-12-9-17-14(5,20-12)19-11(3)8-16-13(4)15-7-10(2)18-13;1-6(9)4-10-8(3)11-5-7(2)12-8/h10-12H,6-9H2,1-5H3;6-7,9H,4-5H2,1-3H3. The van der Waals surface area contributed by atoms with Crippen LogP contribution in [0.2, 0.25) is 0 Å². The van der Waals surface area contributed by atoms with Crippen molar-refractivity contribution in [3.05, 3.63) is 0 Å². The van der Waals surface area contributed by atoms with Crippen molar-refractivity contribution < 1.29 is 47.7 Å². The van der Waals surface area contributed by atoms with E-state index < -0.39 is 24.0 Å². The van der Waals surface area contributed by atoms with E-state index in [1.807, 2.05) is 20.8 Å². The average Bonchev–Trinajstić information content (AvgIpc) is 3.37. The van der Waals surface area contributed by atoms with Gasteiger partial charge in [0.05, 0.1) is 63.6 Å². The molecule has 3 heterocycles. The van der Waals surface area contributed by atoms with Crippen LogP contribution in [-0.2, 0) is 42.6 Å². The molecule has 8 atom stereocenters. The minimum absolute atomic E-state index is 0.0422. The van der Waals surface area contributed by atoms with Crippen LogP contribution in [0.25, 0.3) is 0 Å². The zero-order valence-electron chi connectivity index (χ0n) is 20.8. The number of hydrogen-bond donors (Lipinski definition) is 1. The molecular formula is C22H42O10. The van der Waals surface area contributed by atoms with Gasteiger partial charge in [-0.1, -0.05) is 6.92 Å². The molecule has 32 heavy (non-hydrogen) atoms. The molecule has 0 amide bonds. The molecule has 1 N–H and O–H groups in total. The van der Waals surface area contributed by atoms with Crippen LogP contribution < -0.4 is 0 Å². The number of rotatable bonds is 9. The maximum absolute atomic E-state index is 8.96. The van der Waals surface area contributed by atoms with Gasteiger partial charge in [0, 0.05) is 20.8 Å². The topological polar surface area (TPSA) is 103 Å². The van der Waals surface area contributed by atoms with Crippen molar-refractivity contribution in [1.82, 2.24) is 0 Å². The third kappa shape index (κ3) is 9.09. The third-order valence-corrected chi connectivity index (χ3v) is 4.94. The highest BCUT2D eigenvalue weighted by atomic mass is 16.9. The molecule has 0 spiro atoms. The summed E-state index contributed by atoms with van der Waals surface area (Å²) in [7, 11) is 0. The van der Waals surface area contributed by atoms with E-state index in [1.54, 1.807) is 27.7 Å². The van der Waals surface area contributed by atoms with E-state index in [1.165, 1.54) is 0 Å². The Morgan fingerprint density at radius 1 is 0.812 bits per heavy atom. The van der Waals surface area contributed by atoms with Gasteiger partial charge in [-0.3, -0.25) is 0 Å². The number of aliphatic hydroxyl groups excluding tert-OH is 1. The van der Waals surface area contributed by atoms with Crippen LogP contribution in [0.3, 0.4) is 0 Å². The van der Waals surface area contributed by atoms with Crippen molar-refractivity contribution in [2.45, 2.75) is 110 Å². The molecule has 0 aliphatic carbocycles. The first-order valence-corrected chi connectivity index (χ1v) is 11.4. The molecule has 10 heteroatoms. The van der Waals surface area contributed by atoms with E-state index in [4.69, 9.17) is 47.7 Å². The van der Waals surface area contributed by atoms with Crippen molar-refractivity contribution in [2.75, 3.05) is 33.0 Å². The van der Waals surface area contributed by atoms with Crippen molar-refractivity contribution in [2.24, 2.45) is 0 Å². The average molecular weight is 467 g/mol. The largest absolute Gasteiger partial charge is 0.391 e. The molecule has 8 unspecified atom stereocenters. The van der Waals surface area contributed by atoms with Crippen LogP contribution >= 0.6 is 0 Å². The molecule has 3 fully saturated rings. The van der Waals surface area contributed by atoms with Crippen LogP contribution in [0, 0.1) is 0 Å². The predicted molar refractivity (Wildman–Crippen MR) is 113 cm³/mol. The second kappa shape index (κ2) is 11.8. The summed E-state index contributed by atoms with van der Waals surface area (Å²) in [6.45, 7) is 16.9. The summed E-state index contributed by atoms with van der Waals surface area (Å²) >= 11 is 0. The summed E-state index contributed by atoms with van der Waals surface area (Å²) < 4.78 is 49.6. The highest BCUT2D eigenvalue weighted by Gasteiger charge is 2.41. The van der Waals surface area contributed by atoms with Gasteiger partial charge in [-0.25, -0.2) is 0 Å². The van der Waals surface area contributed by atoms with Crippen LogP contribution in [0.4, 0.5) is 0 Å². The summed E-state index contributed by atoms with van der Waals surface area (Å²) in [5.74, 6) is -2.94. The lowest BCUT2D eigenvalue weighted by Gasteiger charge is -2.29. The van der Waals surface area contributed by atoms with E-state index in [0.717, 1.165) is 6.42 Å². The third-order valence-electron chi connectivity index (χ3n) is 4.94. The lowest BCUT2D eigenvalue weighted by molar-refractivity contribution is -0.366. The van der Waals surface area contributed by atoms with Gasteiger partial charge in [0.25, 0.3) is 17.9 Å². The Morgan fingerprint density at radius 2 is 1.31 bits per heavy atom. The number of ether oxygens (including phenoxy) is 9. The molecular weight excluding hydrogens is 424 g/mol. The van der Waals surface area contributed by atoms with Gasteiger partial charge in [0.1, 0.15) is 0 Å². The first-order chi connectivity index (χ1) is 14.9. The van der Waals surface area contributed by atoms with Gasteiger partial charge in [0.2, 0.25) is 0 Å². The fraction of sp³-hybridized carbons (Fsp3) is 1.00. The smallest absolute Gasteiger partial charge is 0.280 e. The van der Waals surface area contributed by atoms with E-state index in [0.29, 0.717) is 26.4 Å². The normalized spacial score (nSPS) is 41.3. The number of hydrogen-bond acceptors (Lipinski definition) is 10. The highest BCUT2D eigenvalue weighted by Crippen LogP contribution is 2.29. The van der Waals surface area contributed by atoms with Gasteiger partial charge >= 0.3 is 0 Å². The van der Waals surface area contributed by atoms with Crippen LogP contribution in [0.1, 0.15) is 61.8 Å². The Hall–Kier alpha value is -0.400. The summed E-state index contributed by atoms with van der Waals surface area (Å²) in [6, 6.07) is 0. The van der Waals surface area contributed by atoms with Crippen LogP contribution in [0.15, 0.2) is 0 Å². The van der Waals surface area contributed by atoms with Crippen molar-refractivity contribution >= 4 is 0 Å². The second-order valence-electron chi connectivity index (χ2n) is 8.92. The first kappa shape index (κ1) is 27.8. The van der Waals surface area contributed by atoms with Crippen molar-refractivity contribution in [3.63, 3.8) is 0 Å². The number of aliphatic hydroxyl groups is 1. The molecule has 0 radical (unpaired) electrons. The Kier molecular flexibility index (Phi) is 10.3. The molecule has 0 bridgehead atoms. The molecule has 0 saturated carbocycles. The van der Waals surface area contributed by atoms with Crippen LogP contribution in [0.5, 0.6) is 0 Å². The maximum atomic E-state index is 8.96. The fourth-order valence-electron chi connectivity index (χ4n) is 3.37. The van der Waals surface area contributed by atoms with E-state index >= 15 is 0 Å². The van der Waals surface area contributed by atoms with Gasteiger partial charge in [-0.2, -0.15) is 0 Å². The lowest BCUT2D eigenvalue weighted by Crippen LogP contribution is -2.39. The Labute approximate surface area is 191 Å². The minimum Gasteiger partial charge on any atom is -0.391 e. The Bertz CT molecular complexity index is 563. The quantitative estimate of drug-likeness (QED) is 0.545. The minimum atomic E-state index is -0.991. The van der Waals surface area contributed by atoms with E-state index in [2.05, 4.69) is 6.92 Å². The molecule has 190 valence electrons. The second-order valence-corrected chi connectivity index (χ2v) is 8.92. The lowest BCUT2D eigenvalue weighted by atomic mass is 10.3. The first-order valence-electron chi connectivity index (χ1n) is 11.4. The fourth-order valence-corrected chi connectivity index (χ4v) is 3.37. The highest BCUT2D eigenvalue weighted by molar-refractivity contribution is 4.69. The van der Waals surface area contributed by atoms with Gasteiger partial charge in [-0.15, -0.1) is 0 Å². The Balaban J connectivity index is 0.000000258. The summed E-state index contributed by atoms with van der Waals surface area (Å²) in [4.78, 5) is 0.